The Bertz CT molecular complexity index is 1530. The number of hydrogen-bond donors (Lipinski definition) is 1. The van der Waals surface area contributed by atoms with E-state index < -0.39 is 28.5 Å². The largest absolute Gasteiger partial charge is 0.493 e. The molecule has 2 heterocycles. The number of rotatable bonds is 12. The van der Waals surface area contributed by atoms with Crippen LogP contribution in [-0.2, 0) is 39.9 Å². The molecule has 0 saturated carbocycles. The maximum atomic E-state index is 13.5. The van der Waals surface area contributed by atoms with Crippen molar-refractivity contribution in [2.75, 3.05) is 37.8 Å². The van der Waals surface area contributed by atoms with Gasteiger partial charge in [0.2, 0.25) is 5.91 Å². The van der Waals surface area contributed by atoms with E-state index in [-0.39, 0.29) is 11.3 Å². The second-order valence-electron chi connectivity index (χ2n) is 9.88. The summed E-state index contributed by atoms with van der Waals surface area (Å²) >= 11 is 0. The van der Waals surface area contributed by atoms with Crippen LogP contribution < -0.4 is 14.4 Å². The molecule has 8 nitrogen and oxygen atoms in total. The molecule has 1 aromatic heterocycles. The quantitative estimate of drug-likeness (QED) is 0.261. The number of carbonyl (C=O) groups is 1. The topological polar surface area (TPSA) is 85.7 Å². The normalized spacial score (nSPS) is 14.0. The van der Waals surface area contributed by atoms with Gasteiger partial charge in [-0.15, -0.1) is 0 Å². The van der Waals surface area contributed by atoms with Gasteiger partial charge in [0, 0.05) is 44.0 Å². The summed E-state index contributed by atoms with van der Waals surface area (Å²) in [5.74, 6) is -1.99. The van der Waals surface area contributed by atoms with Crippen molar-refractivity contribution < 1.29 is 27.3 Å². The Morgan fingerprint density at radius 2 is 1.83 bits per heavy atom. The average Bonchev–Trinajstić information content (AvgIpc) is 3.52. The number of benzene rings is 3. The Balaban J connectivity index is 1.22. The van der Waals surface area contributed by atoms with Gasteiger partial charge in [0.05, 0.1) is 31.3 Å². The van der Waals surface area contributed by atoms with Gasteiger partial charge in [-0.2, -0.15) is 5.10 Å². The molecule has 1 N–H and O–H groups in total. The first-order chi connectivity index (χ1) is 20.4. The fourth-order valence-electron chi connectivity index (χ4n) is 4.68. The molecule has 5 rings (SSSR count). The summed E-state index contributed by atoms with van der Waals surface area (Å²) in [5.41, 5.74) is 4.16. The van der Waals surface area contributed by atoms with Crippen LogP contribution in [0.5, 0.6) is 5.75 Å². The van der Waals surface area contributed by atoms with Gasteiger partial charge < -0.3 is 14.4 Å². The summed E-state index contributed by atoms with van der Waals surface area (Å²) in [5, 5.41) is 4.27. The molecule has 1 aliphatic heterocycles. The molecule has 0 aliphatic carbocycles. The van der Waals surface area contributed by atoms with E-state index in [0.29, 0.717) is 31.7 Å². The standard InChI is InChI=1S/C31H32F2N4O4S/c32-28-9-8-27(21-29(28)33)42(39)35-31(38)10-7-25-6-5-24(22-37-13-2-12-34-37)20-30(25)41-16-11-23-3-1-4-26(19-23)36-14-17-40-18-15-36/h1-6,8-9,12-13,19-21H,7,10-11,14-18,22H2,(H,35,38). The summed E-state index contributed by atoms with van der Waals surface area (Å²) in [7, 11) is -2.01. The van der Waals surface area contributed by atoms with E-state index in [1.54, 1.807) is 6.20 Å². The van der Waals surface area contributed by atoms with E-state index in [1.165, 1.54) is 11.8 Å². The summed E-state index contributed by atoms with van der Waals surface area (Å²) < 4.78 is 55.0. The lowest BCUT2D eigenvalue weighted by Crippen LogP contribution is -2.36. The molecular formula is C31H32F2N4O4S. The molecule has 0 radical (unpaired) electrons. The molecule has 42 heavy (non-hydrogen) atoms. The minimum atomic E-state index is -2.01. The third kappa shape index (κ3) is 8.01. The second kappa shape index (κ2) is 14.2. The van der Waals surface area contributed by atoms with Crippen LogP contribution >= 0.6 is 0 Å². The Morgan fingerprint density at radius 1 is 0.976 bits per heavy atom. The molecule has 4 aromatic rings. The van der Waals surface area contributed by atoms with Gasteiger partial charge in [-0.1, -0.05) is 24.3 Å². The number of carbonyl (C=O) groups excluding carboxylic acids is 1. The molecule has 220 valence electrons. The van der Waals surface area contributed by atoms with E-state index in [2.05, 4.69) is 39.0 Å². The molecule has 1 unspecified atom stereocenters. The highest BCUT2D eigenvalue weighted by molar-refractivity contribution is 7.83. The van der Waals surface area contributed by atoms with E-state index >= 15 is 0 Å². The van der Waals surface area contributed by atoms with Crippen molar-refractivity contribution in [1.29, 1.82) is 0 Å². The molecule has 1 amide bonds. The Labute approximate surface area is 245 Å². The van der Waals surface area contributed by atoms with Crippen molar-refractivity contribution >= 4 is 22.6 Å². The van der Waals surface area contributed by atoms with Gasteiger partial charge >= 0.3 is 0 Å². The molecule has 0 spiro atoms. The zero-order chi connectivity index (χ0) is 29.3. The van der Waals surface area contributed by atoms with E-state index in [4.69, 9.17) is 9.47 Å². The second-order valence-corrected chi connectivity index (χ2v) is 11.1. The molecular weight excluding hydrogens is 562 g/mol. The van der Waals surface area contributed by atoms with Crippen molar-refractivity contribution in [3.63, 3.8) is 0 Å². The molecule has 11 heteroatoms. The van der Waals surface area contributed by atoms with Gasteiger partial charge in [0.1, 0.15) is 5.75 Å². The minimum Gasteiger partial charge on any atom is -0.493 e. The number of hydrogen-bond acceptors (Lipinski definition) is 6. The van der Waals surface area contributed by atoms with Crippen LogP contribution in [0.1, 0.15) is 23.1 Å². The van der Waals surface area contributed by atoms with Crippen molar-refractivity contribution in [3.8, 4) is 5.75 Å². The minimum absolute atomic E-state index is 0.0214. The maximum absolute atomic E-state index is 13.5. The Hall–Kier alpha value is -4.09. The number of nitrogens with one attached hydrogen (secondary N) is 1. The summed E-state index contributed by atoms with van der Waals surface area (Å²) in [6, 6.07) is 19.0. The molecule has 1 saturated heterocycles. The predicted octanol–water partition coefficient (Wildman–Crippen LogP) is 4.44. The van der Waals surface area contributed by atoms with Crippen LogP contribution in [0.2, 0.25) is 0 Å². The fourth-order valence-corrected chi connectivity index (χ4v) is 5.51. The molecule has 3 aromatic carbocycles. The lowest BCUT2D eigenvalue weighted by Gasteiger charge is -2.29. The van der Waals surface area contributed by atoms with Crippen molar-refractivity contribution in [1.82, 2.24) is 14.5 Å². The zero-order valence-electron chi connectivity index (χ0n) is 23.0. The number of nitrogens with zero attached hydrogens (tertiary/aromatic N) is 3. The molecule has 1 aliphatic rings. The molecule has 0 bridgehead atoms. The van der Waals surface area contributed by atoms with Gasteiger partial charge in [0.15, 0.2) is 22.6 Å². The highest BCUT2D eigenvalue weighted by atomic mass is 32.2. The number of halogens is 2. The van der Waals surface area contributed by atoms with Crippen LogP contribution in [0.4, 0.5) is 14.5 Å². The van der Waals surface area contributed by atoms with Gasteiger partial charge in [0.25, 0.3) is 0 Å². The third-order valence-corrected chi connectivity index (χ3v) is 8.00. The van der Waals surface area contributed by atoms with Crippen molar-refractivity contribution in [2.45, 2.75) is 30.7 Å². The number of aromatic nitrogens is 2. The predicted molar refractivity (Wildman–Crippen MR) is 156 cm³/mol. The van der Waals surface area contributed by atoms with Crippen LogP contribution in [0.3, 0.4) is 0 Å². The summed E-state index contributed by atoms with van der Waals surface area (Å²) in [4.78, 5) is 14.9. The van der Waals surface area contributed by atoms with Crippen LogP contribution in [0.15, 0.2) is 84.0 Å². The Morgan fingerprint density at radius 3 is 2.62 bits per heavy atom. The number of amides is 1. The SMILES string of the molecule is O=C(CCc1ccc(Cn2cccn2)cc1OCCc1cccc(N2CCOCC2)c1)NS(=O)c1ccc(F)c(F)c1. The van der Waals surface area contributed by atoms with E-state index in [0.717, 1.165) is 55.1 Å². The van der Waals surface area contributed by atoms with Gasteiger partial charge in [-0.25, -0.2) is 13.0 Å². The van der Waals surface area contributed by atoms with Gasteiger partial charge in [-0.3, -0.25) is 14.2 Å². The highest BCUT2D eigenvalue weighted by Gasteiger charge is 2.15. The lowest BCUT2D eigenvalue weighted by molar-refractivity contribution is -0.119. The zero-order valence-corrected chi connectivity index (χ0v) is 23.8. The first-order valence-electron chi connectivity index (χ1n) is 13.7. The summed E-state index contributed by atoms with van der Waals surface area (Å²) in [6.07, 6.45) is 4.68. The molecule has 1 fully saturated rings. The van der Waals surface area contributed by atoms with E-state index in [1.807, 2.05) is 35.1 Å². The fraction of sp³-hybridized carbons (Fsp3) is 0.290. The summed E-state index contributed by atoms with van der Waals surface area (Å²) in [6.45, 7) is 4.20. The third-order valence-electron chi connectivity index (χ3n) is 6.90. The van der Waals surface area contributed by atoms with Crippen LogP contribution in [0.25, 0.3) is 0 Å². The Kier molecular flexibility index (Phi) is 9.94. The first kappa shape index (κ1) is 29.4. The first-order valence-corrected chi connectivity index (χ1v) is 14.9. The van der Waals surface area contributed by atoms with Crippen LogP contribution in [0, 0.1) is 11.6 Å². The molecule has 1 atom stereocenters. The van der Waals surface area contributed by atoms with Gasteiger partial charge in [-0.05, 0) is 65.6 Å². The van der Waals surface area contributed by atoms with Crippen molar-refractivity contribution in [3.05, 3.63) is 107 Å². The number of aryl methyl sites for hydroxylation is 1. The number of anilines is 1. The highest BCUT2D eigenvalue weighted by Crippen LogP contribution is 2.24. The maximum Gasteiger partial charge on any atom is 0.232 e. The lowest BCUT2D eigenvalue weighted by atomic mass is 10.1. The van der Waals surface area contributed by atoms with Crippen molar-refractivity contribution in [2.24, 2.45) is 0 Å². The number of morpholine rings is 1. The smallest absolute Gasteiger partial charge is 0.232 e. The van der Waals surface area contributed by atoms with E-state index in [9.17, 15) is 17.8 Å². The average molecular weight is 595 g/mol. The van der Waals surface area contributed by atoms with Crippen LogP contribution in [-0.4, -0.2) is 52.8 Å². The monoisotopic (exact) mass is 594 g/mol. The number of ether oxygens (including phenoxy) is 2.